The summed E-state index contributed by atoms with van der Waals surface area (Å²) in [6, 6.07) is 6.55. The van der Waals surface area contributed by atoms with Crippen LogP contribution in [0, 0.1) is 5.82 Å². The van der Waals surface area contributed by atoms with Crippen molar-refractivity contribution in [2.45, 2.75) is 19.4 Å². The zero-order valence-corrected chi connectivity index (χ0v) is 15.0. The number of carbonyl (C=O) groups is 1. The Balaban J connectivity index is 1.53. The molecule has 134 valence electrons. The molecule has 0 atom stereocenters. The highest BCUT2D eigenvalue weighted by atomic mass is 35.5. The number of carbonyl (C=O) groups excluding carboxylic acids is 1. The van der Waals surface area contributed by atoms with Gasteiger partial charge in [0.05, 0.1) is 11.2 Å². The SMILES string of the molecule is Cn1cc(-c2cncc(CNC(=O)CCc3ccc(Cl)c(F)c3)c2)cn1. The smallest absolute Gasteiger partial charge is 0.220 e. The number of halogens is 2. The van der Waals surface area contributed by atoms with Gasteiger partial charge in [0, 0.05) is 49.7 Å². The zero-order chi connectivity index (χ0) is 18.5. The molecular formula is C19H18ClFN4O. The van der Waals surface area contributed by atoms with Crippen LogP contribution < -0.4 is 5.32 Å². The van der Waals surface area contributed by atoms with Gasteiger partial charge in [-0.05, 0) is 35.7 Å². The summed E-state index contributed by atoms with van der Waals surface area (Å²) in [5, 5.41) is 7.09. The molecule has 1 N–H and O–H groups in total. The van der Waals surface area contributed by atoms with Crippen LogP contribution in [0.25, 0.3) is 11.1 Å². The maximum Gasteiger partial charge on any atom is 0.220 e. The second-order valence-corrected chi connectivity index (χ2v) is 6.42. The predicted octanol–water partition coefficient (Wildman–Crippen LogP) is 3.52. The van der Waals surface area contributed by atoms with Gasteiger partial charge in [0.15, 0.2) is 0 Å². The van der Waals surface area contributed by atoms with E-state index in [1.165, 1.54) is 12.1 Å². The Labute approximate surface area is 155 Å². The molecule has 3 aromatic rings. The van der Waals surface area contributed by atoms with E-state index in [1.54, 1.807) is 29.3 Å². The summed E-state index contributed by atoms with van der Waals surface area (Å²) in [7, 11) is 1.85. The normalized spacial score (nSPS) is 10.7. The largest absolute Gasteiger partial charge is 0.352 e. The van der Waals surface area contributed by atoms with Crippen LogP contribution in [0.5, 0.6) is 0 Å². The minimum atomic E-state index is -0.470. The Morgan fingerprint density at radius 3 is 2.77 bits per heavy atom. The number of hydrogen-bond acceptors (Lipinski definition) is 3. The molecular weight excluding hydrogens is 355 g/mol. The Bertz CT molecular complexity index is 925. The lowest BCUT2D eigenvalue weighted by atomic mass is 10.1. The first-order valence-electron chi connectivity index (χ1n) is 8.15. The maximum absolute atomic E-state index is 13.4. The van der Waals surface area contributed by atoms with E-state index in [0.29, 0.717) is 13.0 Å². The summed E-state index contributed by atoms with van der Waals surface area (Å²) in [6.07, 6.45) is 7.88. The van der Waals surface area contributed by atoms with E-state index in [1.807, 2.05) is 19.3 Å². The highest BCUT2D eigenvalue weighted by Gasteiger charge is 2.07. The molecule has 26 heavy (non-hydrogen) atoms. The molecule has 0 fully saturated rings. The van der Waals surface area contributed by atoms with Gasteiger partial charge in [0.2, 0.25) is 5.91 Å². The zero-order valence-electron chi connectivity index (χ0n) is 14.2. The molecule has 0 spiro atoms. The van der Waals surface area contributed by atoms with Crippen LogP contribution in [0.1, 0.15) is 17.5 Å². The summed E-state index contributed by atoms with van der Waals surface area (Å²) >= 11 is 5.65. The van der Waals surface area contributed by atoms with Gasteiger partial charge in [0.25, 0.3) is 0 Å². The third kappa shape index (κ3) is 4.67. The molecule has 7 heteroatoms. The first kappa shape index (κ1) is 18.1. The lowest BCUT2D eigenvalue weighted by Gasteiger charge is -2.07. The van der Waals surface area contributed by atoms with Crippen molar-refractivity contribution >= 4 is 17.5 Å². The molecule has 1 amide bonds. The molecule has 0 saturated heterocycles. The highest BCUT2D eigenvalue weighted by molar-refractivity contribution is 6.30. The molecule has 0 radical (unpaired) electrons. The van der Waals surface area contributed by atoms with Crippen LogP contribution in [0.3, 0.4) is 0 Å². The van der Waals surface area contributed by atoms with Gasteiger partial charge in [-0.1, -0.05) is 17.7 Å². The summed E-state index contributed by atoms with van der Waals surface area (Å²) < 4.78 is 15.1. The fourth-order valence-electron chi connectivity index (χ4n) is 2.55. The van der Waals surface area contributed by atoms with Gasteiger partial charge in [-0.2, -0.15) is 5.10 Å². The van der Waals surface area contributed by atoms with Crippen molar-refractivity contribution in [3.63, 3.8) is 0 Å². The summed E-state index contributed by atoms with van der Waals surface area (Å²) in [5.41, 5.74) is 3.55. The van der Waals surface area contributed by atoms with Crippen LogP contribution >= 0.6 is 11.6 Å². The van der Waals surface area contributed by atoms with E-state index in [-0.39, 0.29) is 17.4 Å². The molecule has 0 aliphatic heterocycles. The first-order chi connectivity index (χ1) is 12.5. The highest BCUT2D eigenvalue weighted by Crippen LogP contribution is 2.18. The number of aromatic nitrogens is 3. The first-order valence-corrected chi connectivity index (χ1v) is 8.52. The van der Waals surface area contributed by atoms with E-state index in [9.17, 15) is 9.18 Å². The number of benzene rings is 1. The molecule has 0 saturated carbocycles. The van der Waals surface area contributed by atoms with Crippen molar-refractivity contribution < 1.29 is 9.18 Å². The van der Waals surface area contributed by atoms with Crippen LogP contribution in [0.2, 0.25) is 5.02 Å². The minimum absolute atomic E-state index is 0.0826. The van der Waals surface area contributed by atoms with Crippen molar-refractivity contribution in [2.75, 3.05) is 0 Å². The second-order valence-electron chi connectivity index (χ2n) is 6.01. The van der Waals surface area contributed by atoms with Crippen LogP contribution in [0.4, 0.5) is 4.39 Å². The average molecular weight is 373 g/mol. The Morgan fingerprint density at radius 1 is 1.19 bits per heavy atom. The lowest BCUT2D eigenvalue weighted by molar-refractivity contribution is -0.121. The van der Waals surface area contributed by atoms with Gasteiger partial charge in [-0.15, -0.1) is 0 Å². The monoisotopic (exact) mass is 372 g/mol. The number of pyridine rings is 1. The number of rotatable bonds is 6. The van der Waals surface area contributed by atoms with Crippen LogP contribution in [0.15, 0.2) is 49.1 Å². The lowest BCUT2D eigenvalue weighted by Crippen LogP contribution is -2.23. The molecule has 5 nitrogen and oxygen atoms in total. The Kier molecular flexibility index (Phi) is 5.63. The van der Waals surface area contributed by atoms with E-state index in [2.05, 4.69) is 15.4 Å². The standard InChI is InChI=1S/C19H18ClFN4O/c1-25-12-16(11-24-25)15-6-14(8-22-10-15)9-23-19(26)5-3-13-2-4-17(20)18(21)7-13/h2,4,6-8,10-12H,3,5,9H2,1H3,(H,23,26). The topological polar surface area (TPSA) is 59.8 Å². The third-order valence-corrected chi connectivity index (χ3v) is 4.25. The number of amides is 1. The average Bonchev–Trinajstić information content (AvgIpc) is 3.08. The molecule has 3 rings (SSSR count). The van der Waals surface area contributed by atoms with Crippen molar-refractivity contribution in [2.24, 2.45) is 7.05 Å². The van der Waals surface area contributed by atoms with Crippen LogP contribution in [-0.2, 0) is 24.8 Å². The van der Waals surface area contributed by atoms with E-state index >= 15 is 0 Å². The van der Waals surface area contributed by atoms with E-state index in [0.717, 1.165) is 22.3 Å². The fourth-order valence-corrected chi connectivity index (χ4v) is 2.67. The van der Waals surface area contributed by atoms with Gasteiger partial charge in [0.1, 0.15) is 5.82 Å². The third-order valence-electron chi connectivity index (χ3n) is 3.95. The van der Waals surface area contributed by atoms with Crippen molar-refractivity contribution in [1.29, 1.82) is 0 Å². The fraction of sp³-hybridized carbons (Fsp3) is 0.211. The molecule has 1 aromatic carbocycles. The second kappa shape index (κ2) is 8.10. The number of aryl methyl sites for hydroxylation is 2. The molecule has 2 heterocycles. The van der Waals surface area contributed by atoms with Gasteiger partial charge in [-0.25, -0.2) is 4.39 Å². The predicted molar refractivity (Wildman–Crippen MR) is 98.0 cm³/mol. The molecule has 0 unspecified atom stereocenters. The number of hydrogen-bond donors (Lipinski definition) is 1. The Hall–Kier alpha value is -2.73. The molecule has 2 aromatic heterocycles. The van der Waals surface area contributed by atoms with Crippen molar-refractivity contribution in [3.8, 4) is 11.1 Å². The van der Waals surface area contributed by atoms with Crippen LogP contribution in [-0.4, -0.2) is 20.7 Å². The quantitative estimate of drug-likeness (QED) is 0.720. The molecule has 0 bridgehead atoms. The molecule has 0 aliphatic rings. The Morgan fingerprint density at radius 2 is 2.04 bits per heavy atom. The molecule has 0 aliphatic carbocycles. The van der Waals surface area contributed by atoms with Gasteiger partial charge in [-0.3, -0.25) is 14.5 Å². The summed E-state index contributed by atoms with van der Waals surface area (Å²) in [6.45, 7) is 0.384. The van der Waals surface area contributed by atoms with E-state index in [4.69, 9.17) is 11.6 Å². The number of nitrogens with zero attached hydrogens (tertiary/aromatic N) is 3. The van der Waals surface area contributed by atoms with E-state index < -0.39 is 5.82 Å². The minimum Gasteiger partial charge on any atom is -0.352 e. The van der Waals surface area contributed by atoms with Gasteiger partial charge >= 0.3 is 0 Å². The number of nitrogens with one attached hydrogen (secondary N) is 1. The maximum atomic E-state index is 13.4. The van der Waals surface area contributed by atoms with Gasteiger partial charge < -0.3 is 5.32 Å². The summed E-state index contributed by atoms with van der Waals surface area (Å²) in [5.74, 6) is -0.574. The van der Waals surface area contributed by atoms with Crippen molar-refractivity contribution in [3.05, 3.63) is 71.0 Å². The van der Waals surface area contributed by atoms with Crippen molar-refractivity contribution in [1.82, 2.24) is 20.1 Å². The summed E-state index contributed by atoms with van der Waals surface area (Å²) in [4.78, 5) is 16.3.